The standard InChI is InChI=1S/C16H23FN2O2/c1-3-19(11-12-6-5-9-18-10-12)16(20)15-13(17)7-4-8-14(15)21-2/h4,7-8,12,18H,3,5-6,9-11H2,1-2H3. The van der Waals surface area contributed by atoms with Crippen LogP contribution in [0.15, 0.2) is 18.2 Å². The molecular weight excluding hydrogens is 271 g/mol. The number of rotatable bonds is 5. The minimum Gasteiger partial charge on any atom is -0.496 e. The SMILES string of the molecule is CCN(CC1CCCNC1)C(=O)c1c(F)cccc1OC. The van der Waals surface area contributed by atoms with Crippen molar-refractivity contribution in [3.8, 4) is 5.75 Å². The number of ether oxygens (including phenoxy) is 1. The van der Waals surface area contributed by atoms with Crippen LogP contribution in [0, 0.1) is 11.7 Å². The number of carbonyl (C=O) groups is 1. The summed E-state index contributed by atoms with van der Waals surface area (Å²) in [6.07, 6.45) is 2.23. The Balaban J connectivity index is 2.16. The molecule has 0 aliphatic carbocycles. The summed E-state index contributed by atoms with van der Waals surface area (Å²) in [5.41, 5.74) is 0.0330. The van der Waals surface area contributed by atoms with Gasteiger partial charge in [0.1, 0.15) is 17.1 Å². The molecule has 0 saturated carbocycles. The summed E-state index contributed by atoms with van der Waals surface area (Å²) in [6.45, 7) is 5.09. The van der Waals surface area contributed by atoms with E-state index in [2.05, 4.69) is 5.32 Å². The lowest BCUT2D eigenvalue weighted by molar-refractivity contribution is 0.0720. The first-order valence-electron chi connectivity index (χ1n) is 7.49. The van der Waals surface area contributed by atoms with Crippen LogP contribution in [0.3, 0.4) is 0 Å². The average molecular weight is 294 g/mol. The molecular formula is C16H23FN2O2. The van der Waals surface area contributed by atoms with Crippen LogP contribution in [0.2, 0.25) is 0 Å². The van der Waals surface area contributed by atoms with Gasteiger partial charge in [-0.3, -0.25) is 4.79 Å². The van der Waals surface area contributed by atoms with Gasteiger partial charge in [0.25, 0.3) is 5.91 Å². The van der Waals surface area contributed by atoms with Crippen molar-refractivity contribution in [2.45, 2.75) is 19.8 Å². The van der Waals surface area contributed by atoms with E-state index in [9.17, 15) is 9.18 Å². The number of hydrogen-bond donors (Lipinski definition) is 1. The van der Waals surface area contributed by atoms with E-state index in [1.807, 2.05) is 6.92 Å². The van der Waals surface area contributed by atoms with E-state index >= 15 is 0 Å². The molecule has 1 aliphatic rings. The maximum Gasteiger partial charge on any atom is 0.260 e. The minimum atomic E-state index is -0.528. The summed E-state index contributed by atoms with van der Waals surface area (Å²) >= 11 is 0. The van der Waals surface area contributed by atoms with Crippen molar-refractivity contribution in [3.05, 3.63) is 29.6 Å². The number of nitrogens with zero attached hydrogens (tertiary/aromatic N) is 1. The summed E-state index contributed by atoms with van der Waals surface area (Å²) in [4.78, 5) is 14.3. The fourth-order valence-corrected chi connectivity index (χ4v) is 2.79. The topological polar surface area (TPSA) is 41.6 Å². The molecule has 1 heterocycles. The van der Waals surface area contributed by atoms with Crippen molar-refractivity contribution < 1.29 is 13.9 Å². The van der Waals surface area contributed by atoms with Gasteiger partial charge in [-0.25, -0.2) is 4.39 Å². The van der Waals surface area contributed by atoms with Crippen LogP contribution in [0.25, 0.3) is 0 Å². The van der Waals surface area contributed by atoms with Crippen LogP contribution in [0.4, 0.5) is 4.39 Å². The summed E-state index contributed by atoms with van der Waals surface area (Å²) in [5, 5.41) is 3.34. The number of hydrogen-bond acceptors (Lipinski definition) is 3. The number of benzene rings is 1. The molecule has 0 spiro atoms. The van der Waals surface area contributed by atoms with Crippen LogP contribution in [0.1, 0.15) is 30.1 Å². The summed E-state index contributed by atoms with van der Waals surface area (Å²) in [7, 11) is 1.45. The Labute approximate surface area is 125 Å². The first-order valence-corrected chi connectivity index (χ1v) is 7.49. The van der Waals surface area contributed by atoms with Gasteiger partial charge in [-0.1, -0.05) is 6.07 Å². The van der Waals surface area contributed by atoms with Crippen LogP contribution in [-0.2, 0) is 0 Å². The molecule has 116 valence electrons. The molecule has 1 N–H and O–H groups in total. The molecule has 0 bridgehead atoms. The van der Waals surface area contributed by atoms with Crippen LogP contribution in [-0.4, -0.2) is 44.1 Å². The predicted molar refractivity (Wildman–Crippen MR) is 80.1 cm³/mol. The number of methoxy groups -OCH3 is 1. The molecule has 0 aromatic heterocycles. The van der Waals surface area contributed by atoms with E-state index in [-0.39, 0.29) is 11.5 Å². The van der Waals surface area contributed by atoms with Crippen molar-refractivity contribution in [1.82, 2.24) is 10.2 Å². The second-order valence-electron chi connectivity index (χ2n) is 5.37. The van der Waals surface area contributed by atoms with Gasteiger partial charge in [0.15, 0.2) is 0 Å². The van der Waals surface area contributed by atoms with Crippen molar-refractivity contribution in [2.75, 3.05) is 33.3 Å². The van der Waals surface area contributed by atoms with E-state index in [1.54, 1.807) is 17.0 Å². The number of nitrogens with one attached hydrogen (secondary N) is 1. The second-order valence-corrected chi connectivity index (χ2v) is 5.37. The van der Waals surface area contributed by atoms with Gasteiger partial charge in [0, 0.05) is 13.1 Å². The Morgan fingerprint density at radius 2 is 2.33 bits per heavy atom. The number of amides is 1. The highest BCUT2D eigenvalue weighted by Crippen LogP contribution is 2.24. The van der Waals surface area contributed by atoms with Crippen molar-refractivity contribution >= 4 is 5.91 Å². The first kappa shape index (κ1) is 15.8. The highest BCUT2D eigenvalue weighted by atomic mass is 19.1. The number of piperidine rings is 1. The van der Waals surface area contributed by atoms with E-state index in [0.29, 0.717) is 24.8 Å². The fourth-order valence-electron chi connectivity index (χ4n) is 2.79. The largest absolute Gasteiger partial charge is 0.496 e. The lowest BCUT2D eigenvalue weighted by Gasteiger charge is -2.30. The molecule has 1 unspecified atom stereocenters. The third-order valence-electron chi connectivity index (χ3n) is 3.96. The molecule has 21 heavy (non-hydrogen) atoms. The summed E-state index contributed by atoms with van der Waals surface area (Å²) in [5.74, 6) is -0.0989. The molecule has 0 radical (unpaired) electrons. The number of halogens is 1. The van der Waals surface area contributed by atoms with Crippen molar-refractivity contribution in [2.24, 2.45) is 5.92 Å². The Hall–Kier alpha value is -1.62. The fraction of sp³-hybridized carbons (Fsp3) is 0.562. The average Bonchev–Trinajstić information content (AvgIpc) is 2.52. The molecule has 1 saturated heterocycles. The molecule has 1 amide bonds. The molecule has 2 rings (SSSR count). The smallest absolute Gasteiger partial charge is 0.260 e. The Bertz CT molecular complexity index is 487. The molecule has 1 aliphatic heterocycles. The molecule has 1 fully saturated rings. The van der Waals surface area contributed by atoms with Crippen LogP contribution in [0.5, 0.6) is 5.75 Å². The van der Waals surface area contributed by atoms with Crippen LogP contribution >= 0.6 is 0 Å². The van der Waals surface area contributed by atoms with Gasteiger partial charge in [-0.05, 0) is 50.9 Å². The third kappa shape index (κ3) is 3.73. The van der Waals surface area contributed by atoms with E-state index in [0.717, 1.165) is 25.9 Å². The molecule has 1 aromatic rings. The third-order valence-corrected chi connectivity index (χ3v) is 3.96. The zero-order valence-corrected chi connectivity index (χ0v) is 12.7. The Kier molecular flexibility index (Phi) is 5.56. The molecule has 1 atom stereocenters. The zero-order valence-electron chi connectivity index (χ0n) is 12.7. The number of carbonyl (C=O) groups excluding carboxylic acids is 1. The van der Waals surface area contributed by atoms with Crippen molar-refractivity contribution in [1.29, 1.82) is 0 Å². The minimum absolute atomic E-state index is 0.0330. The Morgan fingerprint density at radius 3 is 2.95 bits per heavy atom. The Morgan fingerprint density at radius 1 is 1.52 bits per heavy atom. The van der Waals surface area contributed by atoms with Crippen molar-refractivity contribution in [3.63, 3.8) is 0 Å². The summed E-state index contributed by atoms with van der Waals surface area (Å²) in [6, 6.07) is 4.46. The molecule has 5 heteroatoms. The van der Waals surface area contributed by atoms with E-state index in [4.69, 9.17) is 4.74 Å². The van der Waals surface area contributed by atoms with Gasteiger partial charge < -0.3 is 15.0 Å². The normalized spacial score (nSPS) is 18.3. The maximum absolute atomic E-state index is 14.0. The lowest BCUT2D eigenvalue weighted by atomic mass is 9.98. The predicted octanol–water partition coefficient (Wildman–Crippen LogP) is 2.30. The van der Waals surface area contributed by atoms with Crippen LogP contribution < -0.4 is 10.1 Å². The van der Waals surface area contributed by atoms with Gasteiger partial charge in [0.2, 0.25) is 0 Å². The van der Waals surface area contributed by atoms with Gasteiger partial charge in [0.05, 0.1) is 7.11 Å². The maximum atomic E-state index is 14.0. The van der Waals surface area contributed by atoms with Gasteiger partial charge in [-0.2, -0.15) is 0 Å². The quantitative estimate of drug-likeness (QED) is 0.906. The summed E-state index contributed by atoms with van der Waals surface area (Å²) < 4.78 is 19.2. The highest BCUT2D eigenvalue weighted by Gasteiger charge is 2.25. The second kappa shape index (κ2) is 7.41. The molecule has 1 aromatic carbocycles. The molecule has 4 nitrogen and oxygen atoms in total. The van der Waals surface area contributed by atoms with Gasteiger partial charge >= 0.3 is 0 Å². The zero-order chi connectivity index (χ0) is 15.2. The van der Waals surface area contributed by atoms with E-state index in [1.165, 1.54) is 13.2 Å². The van der Waals surface area contributed by atoms with Gasteiger partial charge in [-0.15, -0.1) is 0 Å². The monoisotopic (exact) mass is 294 g/mol. The van der Waals surface area contributed by atoms with E-state index < -0.39 is 5.82 Å². The first-order chi connectivity index (χ1) is 10.2. The highest BCUT2D eigenvalue weighted by molar-refractivity contribution is 5.97. The lowest BCUT2D eigenvalue weighted by Crippen LogP contribution is -2.41.